The van der Waals surface area contributed by atoms with Crippen LogP contribution in [0.15, 0.2) is 47.5 Å². The summed E-state index contributed by atoms with van der Waals surface area (Å²) >= 11 is 7.88. The van der Waals surface area contributed by atoms with Gasteiger partial charge in [-0.25, -0.2) is 0 Å². The molecule has 0 radical (unpaired) electrons. The van der Waals surface area contributed by atoms with E-state index < -0.39 is 18.0 Å². The molecule has 1 unspecified atom stereocenters. The van der Waals surface area contributed by atoms with Gasteiger partial charge in [-0.3, -0.25) is 38.8 Å². The van der Waals surface area contributed by atoms with Crippen molar-refractivity contribution in [2.24, 2.45) is 4.99 Å². The number of nitrogens with zero attached hydrogens (tertiary/aromatic N) is 5. The zero-order chi connectivity index (χ0) is 44.5. The fourth-order valence-corrected chi connectivity index (χ4v) is 9.08. The minimum Gasteiger partial charge on any atom is -0.378 e. The molecule has 63 heavy (non-hydrogen) atoms. The number of carbonyl (C=O) groups is 5. The molecule has 1 fully saturated rings. The molecule has 5 amide bonds. The molecule has 19 heteroatoms. The smallest absolute Gasteiger partial charge is 0.255 e. The number of rotatable bonds is 21. The summed E-state index contributed by atoms with van der Waals surface area (Å²) in [5.74, 6) is -0.0866. The highest BCUT2D eigenvalue weighted by molar-refractivity contribution is 7.15. The molecule has 4 N–H and O–H groups in total. The molecule has 0 spiro atoms. The number of imide groups is 1. The Hall–Kier alpha value is -5.37. The average Bonchev–Trinajstić information content (AvgIpc) is 3.87. The Labute approximate surface area is 374 Å². The van der Waals surface area contributed by atoms with Gasteiger partial charge in [0.15, 0.2) is 5.82 Å². The number of piperidine rings is 1. The molecule has 1 saturated heterocycles. The first-order valence-electron chi connectivity index (χ1n) is 21.1. The van der Waals surface area contributed by atoms with Gasteiger partial charge in [0, 0.05) is 70.3 Å². The van der Waals surface area contributed by atoms with Gasteiger partial charge < -0.3 is 35.1 Å². The van der Waals surface area contributed by atoms with Gasteiger partial charge in [0.05, 0.1) is 51.8 Å². The highest BCUT2D eigenvalue weighted by Gasteiger charge is 2.40. The monoisotopic (exact) mass is 901 g/mol. The third kappa shape index (κ3) is 11.1. The number of aryl methyl sites for hydroxylation is 2. The fourth-order valence-electron chi connectivity index (χ4n) is 7.74. The van der Waals surface area contributed by atoms with E-state index in [1.165, 1.54) is 9.78 Å². The Balaban J connectivity index is 0.723. The number of aromatic nitrogens is 3. The summed E-state index contributed by atoms with van der Waals surface area (Å²) in [4.78, 5) is 70.7. The van der Waals surface area contributed by atoms with E-state index in [0.29, 0.717) is 93.4 Å². The largest absolute Gasteiger partial charge is 0.378 e. The van der Waals surface area contributed by atoms with E-state index in [1.54, 1.807) is 29.5 Å². The van der Waals surface area contributed by atoms with Crippen LogP contribution in [0.2, 0.25) is 5.02 Å². The van der Waals surface area contributed by atoms with Crippen LogP contribution < -0.4 is 21.3 Å². The maximum Gasteiger partial charge on any atom is 0.255 e. The lowest BCUT2D eigenvalue weighted by molar-refractivity contribution is -0.137. The first-order chi connectivity index (χ1) is 30.5. The number of amides is 5. The topological polar surface area (TPSA) is 207 Å². The van der Waals surface area contributed by atoms with E-state index in [0.717, 1.165) is 33.2 Å². The van der Waals surface area contributed by atoms with Crippen molar-refractivity contribution in [1.82, 2.24) is 35.6 Å². The Morgan fingerprint density at radius 3 is 2.38 bits per heavy atom. The number of thiophene rings is 1. The zero-order valence-electron chi connectivity index (χ0n) is 35.6. The van der Waals surface area contributed by atoms with Gasteiger partial charge in [-0.2, -0.15) is 0 Å². The van der Waals surface area contributed by atoms with Crippen molar-refractivity contribution in [1.29, 1.82) is 0 Å². The van der Waals surface area contributed by atoms with E-state index in [1.807, 2.05) is 35.8 Å². The minimum atomic E-state index is -0.716. The molecule has 0 bridgehead atoms. The van der Waals surface area contributed by atoms with Gasteiger partial charge in [-0.05, 0) is 70.0 Å². The number of carbonyl (C=O) groups excluding carboxylic acids is 5. The zero-order valence-corrected chi connectivity index (χ0v) is 37.2. The standard InChI is InChI=1S/C44H52ClN9O8S/c1-26-27(2)63-44-39(26)40(29-9-11-30(45)12-10-29)49-34(41-52-51-28(3)54(41)44)24-38(57)47-17-19-61-21-23-62-22-20-60-18-16-46-15-5-8-36(55)48-33-7-4-6-31-32(33)25-53(43(31)59)35-13-14-37(56)50-42(35)58/h4,6-7,9-12,34-35,46H,5,8,13-25H2,1-3H3,(H,47,57)(H,48,55)(H,50,56,58)/t34-,35?/m0/s1. The summed E-state index contributed by atoms with van der Waals surface area (Å²) in [5.41, 5.74) is 5.51. The molecule has 7 rings (SSSR count). The summed E-state index contributed by atoms with van der Waals surface area (Å²) in [6.45, 7) is 10.3. The molecule has 0 saturated carbocycles. The third-order valence-electron chi connectivity index (χ3n) is 11.1. The Morgan fingerprint density at radius 2 is 1.63 bits per heavy atom. The average molecular weight is 902 g/mol. The van der Waals surface area contributed by atoms with E-state index in [4.69, 9.17) is 30.8 Å². The van der Waals surface area contributed by atoms with Crippen LogP contribution in [0.25, 0.3) is 5.00 Å². The molecule has 0 aliphatic carbocycles. The highest BCUT2D eigenvalue weighted by Crippen LogP contribution is 2.40. The summed E-state index contributed by atoms with van der Waals surface area (Å²) in [6, 6.07) is 11.5. The lowest BCUT2D eigenvalue weighted by atomic mass is 9.99. The lowest BCUT2D eigenvalue weighted by Gasteiger charge is -2.29. The van der Waals surface area contributed by atoms with Crippen molar-refractivity contribution < 1.29 is 38.2 Å². The molecule has 2 aromatic carbocycles. The number of hydrogen-bond donors (Lipinski definition) is 4. The second-order valence-electron chi connectivity index (χ2n) is 15.4. The normalized spacial score (nSPS) is 16.9. The van der Waals surface area contributed by atoms with Crippen LogP contribution in [0.1, 0.15) is 87.3 Å². The molecular weight excluding hydrogens is 850 g/mol. The number of fused-ring (bicyclic) bond motifs is 4. The van der Waals surface area contributed by atoms with E-state index in [-0.39, 0.29) is 55.9 Å². The predicted molar refractivity (Wildman–Crippen MR) is 237 cm³/mol. The molecule has 3 aliphatic heterocycles. The predicted octanol–water partition coefficient (Wildman–Crippen LogP) is 4.13. The molecule has 17 nitrogen and oxygen atoms in total. The molecule has 4 aromatic rings. The molecule has 2 atom stereocenters. The Morgan fingerprint density at radius 1 is 0.905 bits per heavy atom. The fraction of sp³-hybridized carbons (Fsp3) is 0.455. The summed E-state index contributed by atoms with van der Waals surface area (Å²) in [5, 5.41) is 21.9. The van der Waals surface area contributed by atoms with Crippen molar-refractivity contribution >= 4 is 63.9 Å². The SMILES string of the molecule is Cc1sc2c(c1C)C(c1ccc(Cl)cc1)=N[C@@H](CC(=O)NCCOCCOCCOCCNCCCC(=O)Nc1cccc3c1CN(C1CCC(=O)NC1=O)C3=O)c1nnc(C)n1-2. The second kappa shape index (κ2) is 21.3. The molecule has 334 valence electrons. The number of benzene rings is 2. The molecule has 5 heterocycles. The van der Waals surface area contributed by atoms with E-state index in [2.05, 4.69) is 45.3 Å². The van der Waals surface area contributed by atoms with Gasteiger partial charge in [0.2, 0.25) is 23.6 Å². The first-order valence-corrected chi connectivity index (χ1v) is 22.3. The van der Waals surface area contributed by atoms with Crippen LogP contribution in [0.3, 0.4) is 0 Å². The number of aliphatic imine (C=N–C) groups is 1. The summed E-state index contributed by atoms with van der Waals surface area (Å²) in [6.07, 6.45) is 1.44. The Bertz CT molecular complexity index is 2360. The van der Waals surface area contributed by atoms with Crippen LogP contribution in [-0.2, 0) is 39.9 Å². The third-order valence-corrected chi connectivity index (χ3v) is 12.5. The highest BCUT2D eigenvalue weighted by atomic mass is 35.5. The van der Waals surface area contributed by atoms with Crippen LogP contribution >= 0.6 is 22.9 Å². The van der Waals surface area contributed by atoms with Crippen LogP contribution in [0, 0.1) is 20.8 Å². The van der Waals surface area contributed by atoms with Gasteiger partial charge in [0.1, 0.15) is 22.9 Å². The minimum absolute atomic E-state index is 0.0935. The number of nitrogens with one attached hydrogen (secondary N) is 4. The molecule has 3 aliphatic rings. The van der Waals surface area contributed by atoms with Crippen LogP contribution in [0.5, 0.6) is 0 Å². The summed E-state index contributed by atoms with van der Waals surface area (Å²) < 4.78 is 18.9. The second-order valence-corrected chi connectivity index (χ2v) is 17.1. The van der Waals surface area contributed by atoms with E-state index >= 15 is 0 Å². The number of ether oxygens (including phenoxy) is 3. The molecular formula is C44H52ClN9O8S. The van der Waals surface area contributed by atoms with Crippen molar-refractivity contribution in [2.75, 3.05) is 64.6 Å². The van der Waals surface area contributed by atoms with Gasteiger partial charge in [0.25, 0.3) is 5.91 Å². The maximum atomic E-state index is 13.2. The van der Waals surface area contributed by atoms with Crippen LogP contribution in [-0.4, -0.2) is 120 Å². The van der Waals surface area contributed by atoms with Crippen molar-refractivity contribution in [3.63, 3.8) is 0 Å². The lowest BCUT2D eigenvalue weighted by Crippen LogP contribution is -2.52. The number of anilines is 1. The molecule has 2 aromatic heterocycles. The maximum absolute atomic E-state index is 13.2. The van der Waals surface area contributed by atoms with Gasteiger partial charge in [-0.15, -0.1) is 21.5 Å². The van der Waals surface area contributed by atoms with Crippen molar-refractivity contribution in [3.8, 4) is 5.00 Å². The first kappa shape index (κ1) is 45.6. The van der Waals surface area contributed by atoms with Gasteiger partial charge in [-0.1, -0.05) is 29.8 Å². The quantitative estimate of drug-likeness (QED) is 0.0691. The van der Waals surface area contributed by atoms with Crippen molar-refractivity contribution in [3.05, 3.63) is 91.8 Å². The summed E-state index contributed by atoms with van der Waals surface area (Å²) in [7, 11) is 0. The van der Waals surface area contributed by atoms with E-state index in [9.17, 15) is 24.0 Å². The number of halogens is 1. The van der Waals surface area contributed by atoms with Gasteiger partial charge >= 0.3 is 0 Å². The van der Waals surface area contributed by atoms with Crippen LogP contribution in [0.4, 0.5) is 5.69 Å². The number of hydrogen-bond acceptors (Lipinski definition) is 13. The Kier molecular flexibility index (Phi) is 15.5. The van der Waals surface area contributed by atoms with Crippen molar-refractivity contribution in [2.45, 2.75) is 71.5 Å².